The lowest BCUT2D eigenvalue weighted by molar-refractivity contribution is -0.384. The van der Waals surface area contributed by atoms with Crippen molar-refractivity contribution >= 4 is 69.7 Å². The highest BCUT2D eigenvalue weighted by molar-refractivity contribution is 8.00. The van der Waals surface area contributed by atoms with Gasteiger partial charge < -0.3 is 25.9 Å². The highest BCUT2D eigenvalue weighted by Gasteiger charge is 2.53. The summed E-state index contributed by atoms with van der Waals surface area (Å²) < 4.78 is 5.29. The van der Waals surface area contributed by atoms with Crippen LogP contribution < -0.4 is 16.4 Å². The molecule has 1 aromatic heterocycles. The van der Waals surface area contributed by atoms with Gasteiger partial charge in [0.2, 0.25) is 6.41 Å². The van der Waals surface area contributed by atoms with Gasteiger partial charge in [0.25, 0.3) is 23.4 Å². The van der Waals surface area contributed by atoms with Gasteiger partial charge in [-0.25, -0.2) is 9.78 Å². The number of thioether (sulfide) groups is 1. The first-order chi connectivity index (χ1) is 19.2. The van der Waals surface area contributed by atoms with Crippen molar-refractivity contribution in [3.63, 3.8) is 0 Å². The van der Waals surface area contributed by atoms with Gasteiger partial charge in [-0.15, -0.1) is 23.1 Å². The van der Waals surface area contributed by atoms with Gasteiger partial charge in [0.1, 0.15) is 29.4 Å². The predicted octanol–water partition coefficient (Wildman–Crippen LogP) is -0.147. The van der Waals surface area contributed by atoms with Gasteiger partial charge in [0.05, 0.1) is 4.92 Å². The summed E-state index contributed by atoms with van der Waals surface area (Å²) in [5.41, 5.74) is 5.08. The second kappa shape index (κ2) is 12.3. The fourth-order valence-electron chi connectivity index (χ4n) is 3.54. The Bertz CT molecular complexity index is 1420. The SMILES string of the molecule is NC(=O)CON=C(C(=O)NC1C(=O)N2C(C(=O)OCc3ccc([N+](=O)[O-])cc3)=CCS[C@@H]12)c1csc(NC=O)n1. The summed E-state index contributed by atoms with van der Waals surface area (Å²) in [5.74, 6) is -2.71. The number of β-lactam (4-membered cyclic amide) rings is 1. The number of primary amides is 1. The zero-order valence-electron chi connectivity index (χ0n) is 20.2. The molecule has 1 aromatic carbocycles. The predicted molar refractivity (Wildman–Crippen MR) is 139 cm³/mol. The van der Waals surface area contributed by atoms with Crippen LogP contribution >= 0.6 is 23.1 Å². The topological polar surface area (TPSA) is 226 Å². The third kappa shape index (κ3) is 6.24. The van der Waals surface area contributed by atoms with Crippen molar-refractivity contribution in [1.29, 1.82) is 0 Å². The minimum Gasteiger partial charge on any atom is -0.456 e. The number of nitrogens with zero attached hydrogens (tertiary/aromatic N) is 4. The average molecular weight is 590 g/mol. The van der Waals surface area contributed by atoms with Gasteiger partial charge in [-0.05, 0) is 23.8 Å². The third-order valence-corrected chi connectivity index (χ3v) is 7.32. The summed E-state index contributed by atoms with van der Waals surface area (Å²) in [5, 5.41) is 20.2. The number of carbonyl (C=O) groups excluding carboxylic acids is 5. The highest BCUT2D eigenvalue weighted by Crippen LogP contribution is 2.38. The number of nitro benzene ring substituents is 1. The molecule has 0 aliphatic carbocycles. The number of anilines is 1. The second-order valence-electron chi connectivity index (χ2n) is 7.95. The van der Waals surface area contributed by atoms with Crippen molar-refractivity contribution in [3.05, 3.63) is 62.8 Å². The van der Waals surface area contributed by atoms with E-state index in [1.165, 1.54) is 52.4 Å². The molecule has 0 spiro atoms. The number of nitrogens with one attached hydrogen (secondary N) is 2. The fraction of sp³-hybridized carbons (Fsp3) is 0.227. The Morgan fingerprint density at radius 1 is 1.30 bits per heavy atom. The number of ether oxygens (including phenoxy) is 1. The Labute approximate surface area is 232 Å². The molecular formula is C22H19N7O9S2. The number of aromatic nitrogens is 1. The van der Waals surface area contributed by atoms with Crippen molar-refractivity contribution < 1.29 is 38.5 Å². The first kappa shape index (κ1) is 28.2. The van der Waals surface area contributed by atoms with Crippen LogP contribution in [-0.4, -0.2) is 74.4 Å². The van der Waals surface area contributed by atoms with E-state index < -0.39 is 46.6 Å². The molecule has 0 radical (unpaired) electrons. The lowest BCUT2D eigenvalue weighted by Crippen LogP contribution is -2.70. The third-order valence-electron chi connectivity index (χ3n) is 5.37. The van der Waals surface area contributed by atoms with Crippen LogP contribution in [-0.2, 0) is 40.2 Å². The van der Waals surface area contributed by atoms with Crippen LogP contribution in [0.1, 0.15) is 11.3 Å². The van der Waals surface area contributed by atoms with Crippen molar-refractivity contribution in [3.8, 4) is 0 Å². The van der Waals surface area contributed by atoms with Crippen LogP contribution in [0.5, 0.6) is 0 Å². The zero-order chi connectivity index (χ0) is 28.8. The molecular weight excluding hydrogens is 570 g/mol. The summed E-state index contributed by atoms with van der Waals surface area (Å²) in [6, 6.07) is 4.43. The number of nitrogens with two attached hydrogens (primary N) is 1. The number of esters is 1. The molecule has 1 fully saturated rings. The monoisotopic (exact) mass is 589 g/mol. The lowest BCUT2D eigenvalue weighted by Gasteiger charge is -2.48. The maximum absolute atomic E-state index is 13.1. The summed E-state index contributed by atoms with van der Waals surface area (Å²) in [4.78, 5) is 80.8. The first-order valence-corrected chi connectivity index (χ1v) is 13.1. The molecule has 208 valence electrons. The van der Waals surface area contributed by atoms with Crippen LogP contribution in [0.15, 0.2) is 46.6 Å². The molecule has 1 unspecified atom stereocenters. The highest BCUT2D eigenvalue weighted by atomic mass is 32.2. The van der Waals surface area contributed by atoms with Gasteiger partial charge in [-0.2, -0.15) is 0 Å². The number of thiazole rings is 1. The van der Waals surface area contributed by atoms with Crippen molar-refractivity contribution in [2.75, 3.05) is 17.7 Å². The molecule has 40 heavy (non-hydrogen) atoms. The molecule has 0 saturated carbocycles. The van der Waals surface area contributed by atoms with Gasteiger partial charge >= 0.3 is 5.97 Å². The smallest absolute Gasteiger partial charge is 0.355 e. The summed E-state index contributed by atoms with van der Waals surface area (Å²) in [6.45, 7) is -0.793. The Morgan fingerprint density at radius 3 is 2.73 bits per heavy atom. The standard InChI is InChI=1S/C22H19N7O9S2/c23-15(31)8-38-27-16(13-9-40-22(25-13)24-10-30)18(32)26-17-19(33)28-14(5-6-39-20(17)28)21(34)37-7-11-1-3-12(4-2-11)29(35)36/h1-5,9-10,17,20H,6-8H2,(H2,23,31)(H,26,32)(H,24,25,30)/t17?,20-/m0/s1. The van der Waals surface area contributed by atoms with Crippen LogP contribution in [0.4, 0.5) is 10.8 Å². The van der Waals surface area contributed by atoms with E-state index in [0.29, 0.717) is 17.7 Å². The molecule has 4 rings (SSSR count). The molecule has 4 N–H and O–H groups in total. The number of amides is 4. The fourth-order valence-corrected chi connectivity index (χ4v) is 5.39. The van der Waals surface area contributed by atoms with Crippen LogP contribution in [0.25, 0.3) is 0 Å². The van der Waals surface area contributed by atoms with Crippen molar-refractivity contribution in [2.24, 2.45) is 10.9 Å². The first-order valence-electron chi connectivity index (χ1n) is 11.2. The van der Waals surface area contributed by atoms with Crippen LogP contribution in [0.2, 0.25) is 0 Å². The number of nitro groups is 1. The normalized spacial score (nSPS) is 18.0. The van der Waals surface area contributed by atoms with Crippen molar-refractivity contribution in [2.45, 2.75) is 18.0 Å². The summed E-state index contributed by atoms with van der Waals surface area (Å²) >= 11 is 2.29. The number of fused-ring (bicyclic) bond motifs is 1. The molecule has 2 atom stereocenters. The molecule has 18 heteroatoms. The maximum atomic E-state index is 13.1. The maximum Gasteiger partial charge on any atom is 0.355 e. The number of hydrogen-bond donors (Lipinski definition) is 3. The minimum absolute atomic E-state index is 0.00363. The molecule has 1 saturated heterocycles. The number of oxime groups is 1. The Balaban J connectivity index is 1.41. The zero-order valence-corrected chi connectivity index (χ0v) is 21.8. The van der Waals surface area contributed by atoms with E-state index in [-0.39, 0.29) is 34.5 Å². The van der Waals surface area contributed by atoms with E-state index in [2.05, 4.69) is 20.8 Å². The van der Waals surface area contributed by atoms with Crippen molar-refractivity contribution in [1.82, 2.24) is 15.2 Å². The van der Waals surface area contributed by atoms with E-state index >= 15 is 0 Å². The molecule has 2 aromatic rings. The number of hydrogen-bond acceptors (Lipinski definition) is 13. The molecule has 2 aliphatic rings. The second-order valence-corrected chi connectivity index (χ2v) is 9.96. The lowest BCUT2D eigenvalue weighted by atomic mass is 10.0. The molecule has 2 aliphatic heterocycles. The van der Waals surface area contributed by atoms with E-state index in [1.807, 2.05) is 0 Å². The Morgan fingerprint density at radius 2 is 2.05 bits per heavy atom. The Kier molecular flexibility index (Phi) is 8.70. The van der Waals surface area contributed by atoms with E-state index in [9.17, 15) is 34.1 Å². The quantitative estimate of drug-likeness (QED) is 0.0737. The largest absolute Gasteiger partial charge is 0.456 e. The number of benzene rings is 1. The average Bonchev–Trinajstić information content (AvgIpc) is 3.40. The van der Waals surface area contributed by atoms with E-state index in [1.54, 1.807) is 0 Å². The van der Waals surface area contributed by atoms with Crippen LogP contribution in [0, 0.1) is 10.1 Å². The van der Waals surface area contributed by atoms with Gasteiger partial charge in [0.15, 0.2) is 17.5 Å². The molecule has 0 bridgehead atoms. The van der Waals surface area contributed by atoms with E-state index in [0.717, 1.165) is 11.3 Å². The van der Waals surface area contributed by atoms with Gasteiger partial charge in [-0.3, -0.25) is 34.2 Å². The summed E-state index contributed by atoms with van der Waals surface area (Å²) in [6.07, 6.45) is 1.92. The van der Waals surface area contributed by atoms with Crippen LogP contribution in [0.3, 0.4) is 0 Å². The number of carbonyl (C=O) groups is 5. The molecule has 16 nitrogen and oxygen atoms in total. The van der Waals surface area contributed by atoms with E-state index in [4.69, 9.17) is 15.3 Å². The summed E-state index contributed by atoms with van der Waals surface area (Å²) in [7, 11) is 0. The Hall–Kier alpha value is -4.84. The molecule has 4 amide bonds. The minimum atomic E-state index is -1.03. The molecule has 3 heterocycles. The number of rotatable bonds is 12. The number of non-ortho nitro benzene ring substituents is 1. The van der Waals surface area contributed by atoms with Gasteiger partial charge in [-0.1, -0.05) is 5.16 Å². The van der Waals surface area contributed by atoms with Gasteiger partial charge in [0, 0.05) is 23.3 Å².